The molecule has 0 saturated carbocycles. The standard InChI is InChI=1S/C36F6N12S3/c37-28-19(10(1-43)34-52-13(4-46)16(7-49)55-34)29(38)23-22(28)24-26(32(41)20(30(24)39)11(2-44)35-53-14(5-47)17(8-50)56-35)27-25(23)31(40)21(33(27)42)12(3-45)36-54-15(6-48)18(9-51)57-36. The largest absolute Gasteiger partial charge is 0.223 e. The predicted molar refractivity (Wildman–Crippen MR) is 184 cm³/mol. The Morgan fingerprint density at radius 3 is 0.702 bits per heavy atom. The van der Waals surface area contributed by atoms with Crippen LogP contribution in [0.15, 0.2) is 16.7 Å². The van der Waals surface area contributed by atoms with Crippen molar-refractivity contribution in [2.75, 3.05) is 0 Å². The summed E-state index contributed by atoms with van der Waals surface area (Å²) in [4.78, 5) is 10.2. The molecule has 0 atom stereocenters. The first-order valence-electron chi connectivity index (χ1n) is 14.7. The van der Waals surface area contributed by atoms with Gasteiger partial charge in [0.25, 0.3) is 0 Å². The van der Waals surface area contributed by atoms with Crippen LogP contribution in [0.4, 0.5) is 26.3 Å². The molecule has 0 aliphatic heterocycles. The maximum Gasteiger partial charge on any atom is 0.170 e. The molecular formula is C36F6N12S3. The topological polar surface area (TPSA) is 253 Å². The summed E-state index contributed by atoms with van der Waals surface area (Å²) >= 11 is 1.05. The van der Waals surface area contributed by atoms with Crippen LogP contribution in [0.3, 0.4) is 0 Å². The van der Waals surface area contributed by atoms with Gasteiger partial charge in [-0.2, -0.15) is 47.4 Å². The Morgan fingerprint density at radius 2 is 0.561 bits per heavy atom. The van der Waals surface area contributed by atoms with Crippen LogP contribution in [0.25, 0.3) is 51.7 Å². The summed E-state index contributed by atoms with van der Waals surface area (Å²) < 4.78 is 102. The first-order chi connectivity index (χ1) is 27.4. The van der Waals surface area contributed by atoms with E-state index < -0.39 is 132 Å². The van der Waals surface area contributed by atoms with Gasteiger partial charge in [0.15, 0.2) is 17.1 Å². The Balaban J connectivity index is 1.79. The first kappa shape index (κ1) is 36.9. The number of nitrogens with zero attached hydrogens (tertiary/aromatic N) is 12. The van der Waals surface area contributed by atoms with Crippen LogP contribution in [0.2, 0.25) is 0 Å². The Kier molecular flexibility index (Phi) is 8.69. The van der Waals surface area contributed by atoms with Gasteiger partial charge in [0, 0.05) is 31.3 Å². The number of hydrogen-bond acceptors (Lipinski definition) is 15. The quantitative estimate of drug-likeness (QED) is 0.214. The first-order valence-corrected chi connectivity index (χ1v) is 17.2. The van der Waals surface area contributed by atoms with E-state index in [9.17, 15) is 47.4 Å². The number of hydrogen-bond donors (Lipinski definition) is 0. The molecule has 1 aromatic carbocycles. The molecule has 4 aromatic rings. The molecule has 7 rings (SSSR count). The smallest absolute Gasteiger partial charge is 0.170 e. The normalized spacial score (nSPS) is 13.3. The summed E-state index contributed by atoms with van der Waals surface area (Å²) in [6.45, 7) is 0. The van der Waals surface area contributed by atoms with Crippen molar-refractivity contribution in [3.05, 3.63) is 94.8 Å². The van der Waals surface area contributed by atoms with E-state index in [1.807, 2.05) is 0 Å². The van der Waals surface area contributed by atoms with Crippen LogP contribution in [0.1, 0.15) is 46.7 Å². The van der Waals surface area contributed by atoms with E-state index >= 15 is 26.3 Å². The van der Waals surface area contributed by atoms with Crippen LogP contribution in [0.5, 0.6) is 0 Å². The Morgan fingerprint density at radius 1 is 0.351 bits per heavy atom. The van der Waals surface area contributed by atoms with Gasteiger partial charge in [0.2, 0.25) is 0 Å². The highest BCUT2D eigenvalue weighted by atomic mass is 32.1. The van der Waals surface area contributed by atoms with Gasteiger partial charge in [0.1, 0.15) is 136 Å². The van der Waals surface area contributed by atoms with E-state index in [1.165, 1.54) is 18.2 Å². The summed E-state index contributed by atoms with van der Waals surface area (Å²) in [6, 6.07) is 14.0. The molecule has 0 amide bonds. The lowest BCUT2D eigenvalue weighted by Gasteiger charge is -2.01. The number of rotatable bonds is 3. The molecule has 0 N–H and O–H groups in total. The molecule has 0 fully saturated rings. The number of nitriles is 9. The number of fused-ring (bicyclic) bond motifs is 6. The molecule has 3 aliphatic rings. The molecule has 3 aliphatic carbocycles. The zero-order chi connectivity index (χ0) is 41.2. The summed E-state index contributed by atoms with van der Waals surface area (Å²) in [7, 11) is 0. The maximum absolute atomic E-state index is 16.9. The van der Waals surface area contributed by atoms with Crippen molar-refractivity contribution < 1.29 is 26.3 Å². The third-order valence-electron chi connectivity index (χ3n) is 8.36. The van der Waals surface area contributed by atoms with Gasteiger partial charge in [0.05, 0.1) is 16.7 Å². The molecule has 21 heteroatoms. The molecule has 0 radical (unpaired) electrons. The monoisotopic (exact) mass is 810 g/mol. The minimum Gasteiger partial charge on any atom is -0.223 e. The molecule has 0 spiro atoms. The highest BCUT2D eigenvalue weighted by Gasteiger charge is 2.38. The van der Waals surface area contributed by atoms with Crippen LogP contribution >= 0.6 is 34.0 Å². The van der Waals surface area contributed by atoms with Crippen molar-refractivity contribution in [3.8, 4) is 54.6 Å². The zero-order valence-electron chi connectivity index (χ0n) is 26.9. The van der Waals surface area contributed by atoms with E-state index in [0.29, 0.717) is 34.0 Å². The van der Waals surface area contributed by atoms with Crippen LogP contribution in [-0.2, 0) is 0 Å². The van der Waals surface area contributed by atoms with Gasteiger partial charge >= 0.3 is 0 Å². The Labute approximate surface area is 322 Å². The fraction of sp³-hybridized carbons (Fsp3) is 0. The van der Waals surface area contributed by atoms with Crippen LogP contribution in [0, 0.1) is 102 Å². The van der Waals surface area contributed by atoms with E-state index in [0.717, 1.165) is 0 Å². The van der Waals surface area contributed by atoms with Gasteiger partial charge < -0.3 is 0 Å². The summed E-state index contributed by atoms with van der Waals surface area (Å²) in [5, 5.41) is 77.1. The fourth-order valence-electron chi connectivity index (χ4n) is 6.13. The molecule has 3 heterocycles. The average Bonchev–Trinajstić information content (AvgIpc) is 4.06. The third-order valence-corrected chi connectivity index (χ3v) is 11.3. The molecule has 12 nitrogen and oxygen atoms in total. The van der Waals surface area contributed by atoms with Crippen LogP contribution in [-0.4, -0.2) is 15.0 Å². The van der Waals surface area contributed by atoms with Crippen LogP contribution < -0.4 is 31.3 Å². The number of benzene rings is 1. The second kappa shape index (κ2) is 13.4. The second-order valence-corrected chi connectivity index (χ2v) is 14.0. The third kappa shape index (κ3) is 4.92. The lowest BCUT2D eigenvalue weighted by Crippen LogP contribution is -2.64. The summed E-state index contributed by atoms with van der Waals surface area (Å²) in [5.74, 6) is -11.1. The zero-order valence-corrected chi connectivity index (χ0v) is 29.3. The predicted octanol–water partition coefficient (Wildman–Crippen LogP) is 2.73. The van der Waals surface area contributed by atoms with E-state index in [1.54, 1.807) is 36.4 Å². The van der Waals surface area contributed by atoms with Gasteiger partial charge in [-0.15, -0.1) is 34.0 Å². The number of aromatic nitrogens is 3. The Bertz CT molecular complexity index is 3040. The molecule has 0 bridgehead atoms. The lowest BCUT2D eigenvalue weighted by molar-refractivity contribution is 0.725. The number of allylic oxidation sites excluding steroid dienone is 6. The van der Waals surface area contributed by atoms with Crippen molar-refractivity contribution in [3.63, 3.8) is 0 Å². The lowest BCUT2D eigenvalue weighted by atomic mass is 10.1. The summed E-state index contributed by atoms with van der Waals surface area (Å²) in [6.07, 6.45) is 0. The molecule has 264 valence electrons. The van der Waals surface area contributed by atoms with Gasteiger partial charge in [-0.1, -0.05) is 0 Å². The highest BCUT2D eigenvalue weighted by Crippen LogP contribution is 2.39. The molecule has 0 saturated heterocycles. The minimum absolute atomic E-state index is 0.350. The molecular weight excluding hydrogens is 811 g/mol. The average molecular weight is 811 g/mol. The molecule has 0 unspecified atom stereocenters. The van der Waals surface area contributed by atoms with Gasteiger partial charge in [-0.3, -0.25) is 0 Å². The fourth-order valence-corrected chi connectivity index (χ4v) is 8.57. The van der Waals surface area contributed by atoms with E-state index in [2.05, 4.69) is 15.0 Å². The van der Waals surface area contributed by atoms with Gasteiger partial charge in [-0.25, -0.2) is 41.3 Å². The number of thiazole rings is 3. The SMILES string of the molecule is N#CC(=C1C(F)=c2c3c(c4c(c2=C1F)=C(F)C(=C(C#N)c1nc(C#N)c(C#N)s1)C=4F)=C(F)C(=C(C#N)c1nc(C#N)c(C#N)s1)C=3F)c1nc(C#N)c(C#N)s1. The summed E-state index contributed by atoms with van der Waals surface area (Å²) in [5.41, 5.74) is -8.71. The van der Waals surface area contributed by atoms with Crippen molar-refractivity contribution in [2.24, 2.45) is 0 Å². The molecule has 57 heavy (non-hydrogen) atoms. The van der Waals surface area contributed by atoms with Crippen molar-refractivity contribution >= 4 is 85.7 Å². The van der Waals surface area contributed by atoms with Gasteiger partial charge in [-0.05, 0) is 0 Å². The second-order valence-electron chi connectivity index (χ2n) is 11.0. The van der Waals surface area contributed by atoms with Crippen molar-refractivity contribution in [2.45, 2.75) is 0 Å². The van der Waals surface area contributed by atoms with E-state index in [4.69, 9.17) is 0 Å². The number of halogens is 6. The highest BCUT2D eigenvalue weighted by molar-refractivity contribution is 7.14. The van der Waals surface area contributed by atoms with E-state index in [-0.39, 0.29) is 14.6 Å². The minimum atomic E-state index is -1.86. The maximum atomic E-state index is 16.9. The Hall–Kier alpha value is -8.46. The van der Waals surface area contributed by atoms with Crippen molar-refractivity contribution in [1.29, 1.82) is 47.4 Å². The molecule has 3 aromatic heterocycles. The van der Waals surface area contributed by atoms with Crippen molar-refractivity contribution in [1.82, 2.24) is 15.0 Å².